The van der Waals surface area contributed by atoms with Crippen molar-refractivity contribution in [3.8, 4) is 22.8 Å². The number of pyridine rings is 1. The van der Waals surface area contributed by atoms with Crippen LogP contribution >= 0.6 is 0 Å². The highest BCUT2D eigenvalue weighted by molar-refractivity contribution is 5.96. The molecule has 1 saturated heterocycles. The van der Waals surface area contributed by atoms with E-state index >= 15 is 0 Å². The van der Waals surface area contributed by atoms with Gasteiger partial charge in [-0.1, -0.05) is 36.8 Å². The van der Waals surface area contributed by atoms with Crippen molar-refractivity contribution in [2.75, 3.05) is 33.4 Å². The van der Waals surface area contributed by atoms with Crippen molar-refractivity contribution < 1.29 is 24.5 Å². The van der Waals surface area contributed by atoms with Crippen LogP contribution < -0.4 is 14.8 Å². The maximum absolute atomic E-state index is 13.1. The lowest BCUT2D eigenvalue weighted by atomic mass is 9.80. The Morgan fingerprint density at radius 3 is 2.55 bits per heavy atom. The lowest BCUT2D eigenvalue weighted by Gasteiger charge is -2.28. The van der Waals surface area contributed by atoms with Gasteiger partial charge in [-0.15, -0.1) is 0 Å². The summed E-state index contributed by atoms with van der Waals surface area (Å²) in [7, 11) is 1.50. The van der Waals surface area contributed by atoms with Crippen molar-refractivity contribution in [2.45, 2.75) is 51.0 Å². The third kappa shape index (κ3) is 6.23. The van der Waals surface area contributed by atoms with Crippen molar-refractivity contribution in [3.05, 3.63) is 77.0 Å². The van der Waals surface area contributed by atoms with Crippen LogP contribution in [0.5, 0.6) is 11.5 Å². The van der Waals surface area contributed by atoms with E-state index in [-0.39, 0.29) is 37.3 Å². The van der Waals surface area contributed by atoms with Crippen molar-refractivity contribution in [1.29, 1.82) is 0 Å². The Morgan fingerprint density at radius 2 is 1.89 bits per heavy atom. The molecule has 4 rings (SSSR count). The van der Waals surface area contributed by atoms with Crippen LogP contribution in [0.2, 0.25) is 0 Å². The van der Waals surface area contributed by atoms with Gasteiger partial charge in [0.1, 0.15) is 12.2 Å². The third-order valence-corrected chi connectivity index (χ3v) is 7.46. The van der Waals surface area contributed by atoms with Gasteiger partial charge in [0, 0.05) is 29.5 Å². The summed E-state index contributed by atoms with van der Waals surface area (Å²) in [5.41, 5.74) is 3.81. The topological polar surface area (TPSA) is 101 Å². The quantitative estimate of drug-likeness (QED) is 0.320. The predicted octanol–water partition coefficient (Wildman–Crippen LogP) is 4.56. The number of aliphatic hydroxyl groups is 2. The molecule has 2 aromatic carbocycles. The minimum atomic E-state index is -1.30. The Labute approximate surface area is 224 Å². The summed E-state index contributed by atoms with van der Waals surface area (Å²) < 4.78 is 10.8. The van der Waals surface area contributed by atoms with Gasteiger partial charge in [0.05, 0.1) is 25.1 Å². The first-order chi connectivity index (χ1) is 18.1. The van der Waals surface area contributed by atoms with E-state index in [1.165, 1.54) is 12.7 Å². The van der Waals surface area contributed by atoms with E-state index in [0.717, 1.165) is 36.3 Å². The highest BCUT2D eigenvalue weighted by atomic mass is 16.5. The van der Waals surface area contributed by atoms with Crippen LogP contribution in [-0.2, 0) is 11.0 Å². The summed E-state index contributed by atoms with van der Waals surface area (Å²) in [6.45, 7) is 7.86. The van der Waals surface area contributed by atoms with Gasteiger partial charge in [-0.2, -0.15) is 0 Å². The summed E-state index contributed by atoms with van der Waals surface area (Å²) in [6, 6.07) is 17.3. The van der Waals surface area contributed by atoms with Crippen LogP contribution in [0.25, 0.3) is 11.3 Å². The average molecular weight is 519 g/mol. The molecule has 0 radical (unpaired) electrons. The van der Waals surface area contributed by atoms with Gasteiger partial charge in [-0.05, 0) is 69.1 Å². The van der Waals surface area contributed by atoms with Gasteiger partial charge in [-0.3, -0.25) is 4.79 Å². The van der Waals surface area contributed by atoms with Crippen LogP contribution in [0.15, 0.2) is 54.6 Å². The molecule has 2 heterocycles. The second kappa shape index (κ2) is 11.6. The molecule has 0 amide bonds. The summed E-state index contributed by atoms with van der Waals surface area (Å²) in [4.78, 5) is 18.0. The number of nitrogens with one attached hydrogen (secondary N) is 1. The number of carbonyl (C=O) groups excluding carboxylic acids is 1. The van der Waals surface area contributed by atoms with E-state index in [1.54, 1.807) is 25.1 Å². The van der Waals surface area contributed by atoms with Crippen LogP contribution in [0.1, 0.15) is 60.3 Å². The third-order valence-electron chi connectivity index (χ3n) is 7.46. The maximum atomic E-state index is 13.1. The number of nitrogens with zero attached hydrogens (tertiary/aromatic N) is 1. The summed E-state index contributed by atoms with van der Waals surface area (Å²) >= 11 is 0. The molecule has 0 saturated carbocycles. The smallest absolute Gasteiger partial charge is 0.163 e. The minimum absolute atomic E-state index is 0.0561. The molecule has 0 spiro atoms. The summed E-state index contributed by atoms with van der Waals surface area (Å²) in [6.07, 6.45) is 1.36. The molecule has 1 aromatic heterocycles. The van der Waals surface area contributed by atoms with Crippen molar-refractivity contribution in [3.63, 3.8) is 0 Å². The lowest BCUT2D eigenvalue weighted by molar-refractivity contribution is 0.0396. The average Bonchev–Trinajstić information content (AvgIpc) is 3.38. The number of methoxy groups -OCH3 is 1. The molecule has 38 heavy (non-hydrogen) atoms. The Bertz CT molecular complexity index is 1260. The normalized spacial score (nSPS) is 18.7. The number of benzene rings is 2. The molecule has 0 aliphatic carbocycles. The van der Waals surface area contributed by atoms with Crippen LogP contribution in [0.4, 0.5) is 0 Å². The summed E-state index contributed by atoms with van der Waals surface area (Å²) in [5, 5.41) is 24.1. The van der Waals surface area contributed by atoms with E-state index in [4.69, 9.17) is 19.6 Å². The van der Waals surface area contributed by atoms with E-state index in [2.05, 4.69) is 49.5 Å². The van der Waals surface area contributed by atoms with E-state index in [9.17, 15) is 9.90 Å². The number of rotatable bonds is 11. The van der Waals surface area contributed by atoms with Gasteiger partial charge in [-0.25, -0.2) is 4.98 Å². The monoisotopic (exact) mass is 518 g/mol. The number of Topliss-reactive ketones (excluding diaryl/α,β-unsaturated/α-hetero) is 1. The van der Waals surface area contributed by atoms with E-state index in [1.807, 2.05) is 6.07 Å². The molecule has 7 heteroatoms. The summed E-state index contributed by atoms with van der Waals surface area (Å²) in [5.74, 6) is 0.773. The molecule has 3 N–H and O–H groups in total. The Hall–Kier alpha value is -3.26. The second-order valence-corrected chi connectivity index (χ2v) is 10.6. The first-order valence-electron chi connectivity index (χ1n) is 13.1. The molecular formula is C31H38N2O5. The van der Waals surface area contributed by atoms with Gasteiger partial charge in [0.2, 0.25) is 0 Å². The Kier molecular flexibility index (Phi) is 8.51. The molecule has 2 unspecified atom stereocenters. The molecule has 2 atom stereocenters. The fraction of sp³-hybridized carbons (Fsp3) is 0.419. The number of hydrogen-bond donors (Lipinski definition) is 3. The van der Waals surface area contributed by atoms with Crippen LogP contribution in [-0.4, -0.2) is 54.4 Å². The molecule has 202 valence electrons. The molecule has 1 aliphatic heterocycles. The van der Waals surface area contributed by atoms with Crippen LogP contribution in [0, 0.1) is 6.92 Å². The maximum Gasteiger partial charge on any atom is 0.163 e. The molecule has 0 bridgehead atoms. The van der Waals surface area contributed by atoms with Crippen molar-refractivity contribution in [2.24, 2.45) is 0 Å². The zero-order valence-corrected chi connectivity index (χ0v) is 22.7. The predicted molar refractivity (Wildman–Crippen MR) is 148 cm³/mol. The highest BCUT2D eigenvalue weighted by Gasteiger charge is 2.34. The van der Waals surface area contributed by atoms with E-state index in [0.29, 0.717) is 22.8 Å². The molecule has 7 nitrogen and oxygen atoms in total. The van der Waals surface area contributed by atoms with Crippen molar-refractivity contribution in [1.82, 2.24) is 10.3 Å². The van der Waals surface area contributed by atoms with Crippen molar-refractivity contribution >= 4 is 5.78 Å². The van der Waals surface area contributed by atoms with Crippen LogP contribution in [0.3, 0.4) is 0 Å². The number of aliphatic hydroxyl groups excluding tert-OH is 1. The number of hydrogen-bond acceptors (Lipinski definition) is 7. The molecule has 1 fully saturated rings. The van der Waals surface area contributed by atoms with Gasteiger partial charge in [0.25, 0.3) is 0 Å². The first-order valence-corrected chi connectivity index (χ1v) is 13.1. The van der Waals surface area contributed by atoms with Gasteiger partial charge in [0.15, 0.2) is 17.3 Å². The molecule has 3 aromatic rings. The standard InChI is InChI=1S/C31H38N2O5/c1-21-5-7-22(8-6-21)25-18-24(30(2)13-14-32-20-30)19-29(33-25)31(3,36)12-11-26(35)23-9-10-27(38-16-15-34)28(17-23)37-4/h5-10,17-19,32,34,36H,11-16,20H2,1-4H3. The zero-order chi connectivity index (χ0) is 27.3. The number of ether oxygens (including phenoxy) is 2. The SMILES string of the molecule is COc1cc(C(=O)CCC(C)(O)c2cc(C3(C)CCNC3)cc(-c3ccc(C)cc3)n2)ccc1OCCO. The number of carbonyl (C=O) groups is 1. The number of aryl methyl sites for hydroxylation is 1. The largest absolute Gasteiger partial charge is 0.493 e. The molecule has 1 aliphatic rings. The van der Waals surface area contributed by atoms with E-state index < -0.39 is 5.60 Å². The van der Waals surface area contributed by atoms with Gasteiger partial charge < -0.3 is 25.0 Å². The lowest BCUT2D eigenvalue weighted by Crippen LogP contribution is -2.28. The first kappa shape index (κ1) is 27.8. The molecular weight excluding hydrogens is 480 g/mol. The van der Waals surface area contributed by atoms with Gasteiger partial charge >= 0.3 is 0 Å². The number of aromatic nitrogens is 1. The fourth-order valence-corrected chi connectivity index (χ4v) is 4.84. The fourth-order valence-electron chi connectivity index (χ4n) is 4.84. The highest BCUT2D eigenvalue weighted by Crippen LogP contribution is 2.36. The Balaban J connectivity index is 1.59. The Morgan fingerprint density at radius 1 is 1.13 bits per heavy atom. The minimum Gasteiger partial charge on any atom is -0.493 e. The number of ketones is 1. The zero-order valence-electron chi connectivity index (χ0n) is 22.7. The second-order valence-electron chi connectivity index (χ2n) is 10.6.